The molecule has 3 aliphatic rings. The normalized spacial score (nSPS) is 37.1. The fourth-order valence-electron chi connectivity index (χ4n) is 4.21. The van der Waals surface area contributed by atoms with Crippen LogP contribution in [0.4, 0.5) is 0 Å². The maximum absolute atomic E-state index is 13.6. The van der Waals surface area contributed by atoms with E-state index in [0.717, 1.165) is 0 Å². The van der Waals surface area contributed by atoms with E-state index in [9.17, 15) is 23.1 Å². The zero-order chi connectivity index (χ0) is 20.3. The lowest BCUT2D eigenvalue weighted by atomic mass is 9.93. The molecule has 2 N–H and O–H groups in total. The molecule has 0 radical (unpaired) electrons. The van der Waals surface area contributed by atoms with Crippen LogP contribution in [-0.2, 0) is 33.6 Å². The third kappa shape index (κ3) is 2.63. The fourth-order valence-corrected chi connectivity index (χ4v) is 6.26. The molecule has 2 amide bonds. The highest BCUT2D eigenvalue weighted by Crippen LogP contribution is 2.48. The van der Waals surface area contributed by atoms with Crippen LogP contribution in [0.3, 0.4) is 0 Å². The first-order valence-corrected chi connectivity index (χ1v) is 10.4. The van der Waals surface area contributed by atoms with Gasteiger partial charge in [0, 0.05) is 0 Å². The number of carbonyl (C=O) groups is 2. The summed E-state index contributed by atoms with van der Waals surface area (Å²) in [6.45, 7) is 2.85. The van der Waals surface area contributed by atoms with Gasteiger partial charge in [0.05, 0.1) is 17.9 Å². The Morgan fingerprint density at radius 2 is 1.79 bits per heavy atom. The van der Waals surface area contributed by atoms with Crippen molar-refractivity contribution in [2.24, 2.45) is 0 Å². The molecule has 3 aliphatic heterocycles. The average Bonchev–Trinajstić information content (AvgIpc) is 3.23. The lowest BCUT2D eigenvalue weighted by Crippen LogP contribution is -2.58. The lowest BCUT2D eigenvalue weighted by molar-refractivity contribution is -0.194. The van der Waals surface area contributed by atoms with Crippen molar-refractivity contribution in [1.29, 1.82) is 0 Å². The monoisotopic (exact) mass is 411 g/mol. The van der Waals surface area contributed by atoms with Crippen LogP contribution in [-0.4, -0.2) is 66.9 Å². The number of carbonyl (C=O) groups excluding carboxylic acids is 2. The summed E-state index contributed by atoms with van der Waals surface area (Å²) < 4.78 is 42.4. The summed E-state index contributed by atoms with van der Waals surface area (Å²) >= 11 is 0. The van der Waals surface area contributed by atoms with Gasteiger partial charge in [0.25, 0.3) is 5.91 Å². The van der Waals surface area contributed by atoms with Crippen LogP contribution in [0.1, 0.15) is 20.3 Å². The van der Waals surface area contributed by atoms with E-state index in [4.69, 9.17) is 14.2 Å². The van der Waals surface area contributed by atoms with Gasteiger partial charge in [-0.05, 0) is 26.0 Å². The molecule has 1 unspecified atom stereocenters. The minimum Gasteiger partial charge on any atom is -0.394 e. The minimum absolute atomic E-state index is 0.106. The first kappa shape index (κ1) is 19.5. The largest absolute Gasteiger partial charge is 0.394 e. The first-order valence-electron chi connectivity index (χ1n) is 8.88. The van der Waals surface area contributed by atoms with Crippen LogP contribution < -0.4 is 5.32 Å². The highest BCUT2D eigenvalue weighted by atomic mass is 32.2. The summed E-state index contributed by atoms with van der Waals surface area (Å²) in [5, 5.41) is 11.8. The van der Waals surface area contributed by atoms with Crippen LogP contribution in [0.5, 0.6) is 0 Å². The molecule has 5 atom stereocenters. The van der Waals surface area contributed by atoms with Crippen molar-refractivity contribution in [3.05, 3.63) is 30.3 Å². The molecule has 0 aromatic heterocycles. The molecule has 152 valence electrons. The molecule has 3 saturated heterocycles. The predicted molar refractivity (Wildman–Crippen MR) is 93.7 cm³/mol. The third-order valence-corrected chi connectivity index (χ3v) is 7.80. The highest BCUT2D eigenvalue weighted by molar-refractivity contribution is 7.93. The summed E-state index contributed by atoms with van der Waals surface area (Å²) in [5.74, 6) is -2.73. The van der Waals surface area contributed by atoms with E-state index in [0.29, 0.717) is 0 Å². The Bertz CT molecular complexity index is 915. The van der Waals surface area contributed by atoms with Gasteiger partial charge in [-0.3, -0.25) is 14.9 Å². The standard InChI is InChI=1S/C18H21NO8S/c1-17(2)26-13-11(9-20)25-15(14(13)27-17)18(8-12(21)19-16(18)22)28(23,24)10-6-4-3-5-7-10/h3-7,11,13-15,20H,8-9H2,1-2H3,(H,19,21,22)/t11-,13-,14-,15-,18?/m0/s1. The second-order valence-electron chi connectivity index (χ2n) is 7.60. The summed E-state index contributed by atoms with van der Waals surface area (Å²) in [4.78, 5) is 24.9. The van der Waals surface area contributed by atoms with Crippen LogP contribution >= 0.6 is 0 Å². The number of rotatable bonds is 4. The van der Waals surface area contributed by atoms with Crippen molar-refractivity contribution in [1.82, 2.24) is 5.32 Å². The summed E-state index contributed by atoms with van der Waals surface area (Å²) in [7, 11) is -4.35. The molecule has 3 fully saturated rings. The Labute approximate surface area is 161 Å². The summed E-state index contributed by atoms with van der Waals surface area (Å²) in [6, 6.07) is 7.43. The summed E-state index contributed by atoms with van der Waals surface area (Å²) in [5.41, 5.74) is 0. The van der Waals surface area contributed by atoms with Gasteiger partial charge in [-0.2, -0.15) is 0 Å². The van der Waals surface area contributed by atoms with Gasteiger partial charge < -0.3 is 19.3 Å². The second kappa shape index (κ2) is 6.33. The molecule has 3 heterocycles. The van der Waals surface area contributed by atoms with E-state index in [-0.39, 0.29) is 4.90 Å². The number of aliphatic hydroxyl groups excluding tert-OH is 1. The zero-order valence-electron chi connectivity index (χ0n) is 15.3. The first-order chi connectivity index (χ1) is 13.1. The fraction of sp³-hybridized carbons (Fsp3) is 0.556. The molecule has 10 heteroatoms. The maximum atomic E-state index is 13.6. The van der Waals surface area contributed by atoms with E-state index < -0.39 is 69.6 Å². The van der Waals surface area contributed by atoms with Gasteiger partial charge in [0.15, 0.2) is 20.4 Å². The number of imide groups is 1. The van der Waals surface area contributed by atoms with Crippen molar-refractivity contribution >= 4 is 21.7 Å². The Balaban J connectivity index is 1.87. The molecule has 0 bridgehead atoms. The number of amides is 2. The van der Waals surface area contributed by atoms with Crippen molar-refractivity contribution < 1.29 is 37.3 Å². The molecule has 0 aliphatic carbocycles. The topological polar surface area (TPSA) is 128 Å². The quantitative estimate of drug-likeness (QED) is 0.636. The number of benzene rings is 1. The highest BCUT2D eigenvalue weighted by Gasteiger charge is 2.70. The molecule has 1 aromatic carbocycles. The zero-order valence-corrected chi connectivity index (χ0v) is 16.1. The van der Waals surface area contributed by atoms with Crippen LogP contribution in [0.2, 0.25) is 0 Å². The number of sulfone groups is 1. The number of nitrogens with one attached hydrogen (secondary N) is 1. The number of hydrogen-bond acceptors (Lipinski definition) is 8. The van der Waals surface area contributed by atoms with Gasteiger partial charge in [0.1, 0.15) is 24.4 Å². The summed E-state index contributed by atoms with van der Waals surface area (Å²) in [6.07, 6.45) is -4.52. The van der Waals surface area contributed by atoms with E-state index in [1.54, 1.807) is 19.9 Å². The third-order valence-electron chi connectivity index (χ3n) is 5.38. The van der Waals surface area contributed by atoms with Crippen molar-refractivity contribution in [2.75, 3.05) is 6.61 Å². The van der Waals surface area contributed by atoms with E-state index in [1.165, 1.54) is 24.3 Å². The van der Waals surface area contributed by atoms with Gasteiger partial charge in [-0.15, -0.1) is 0 Å². The lowest BCUT2D eigenvalue weighted by Gasteiger charge is -2.34. The number of fused-ring (bicyclic) bond motifs is 1. The smallest absolute Gasteiger partial charge is 0.251 e. The van der Waals surface area contributed by atoms with Gasteiger partial charge in [-0.1, -0.05) is 18.2 Å². The Hall–Kier alpha value is -1.85. The van der Waals surface area contributed by atoms with Gasteiger partial charge in [0.2, 0.25) is 5.91 Å². The molecule has 4 rings (SSSR count). The van der Waals surface area contributed by atoms with E-state index in [1.807, 2.05) is 0 Å². The Morgan fingerprint density at radius 3 is 2.36 bits per heavy atom. The van der Waals surface area contributed by atoms with Gasteiger partial charge >= 0.3 is 0 Å². The van der Waals surface area contributed by atoms with E-state index in [2.05, 4.69) is 5.32 Å². The van der Waals surface area contributed by atoms with Crippen LogP contribution in [0.25, 0.3) is 0 Å². The van der Waals surface area contributed by atoms with Gasteiger partial charge in [-0.25, -0.2) is 8.42 Å². The number of ether oxygens (including phenoxy) is 3. The maximum Gasteiger partial charge on any atom is 0.251 e. The van der Waals surface area contributed by atoms with E-state index >= 15 is 0 Å². The van der Waals surface area contributed by atoms with Crippen molar-refractivity contribution in [3.63, 3.8) is 0 Å². The average molecular weight is 411 g/mol. The molecule has 0 saturated carbocycles. The van der Waals surface area contributed by atoms with Crippen molar-refractivity contribution in [2.45, 2.75) is 60.1 Å². The number of aliphatic hydroxyl groups is 1. The minimum atomic E-state index is -4.35. The molecular weight excluding hydrogens is 390 g/mol. The molecule has 1 aromatic rings. The molecular formula is C18H21NO8S. The second-order valence-corrected chi connectivity index (χ2v) is 9.81. The Kier molecular flexibility index (Phi) is 4.40. The molecule has 0 spiro atoms. The predicted octanol–water partition coefficient (Wildman–Crippen LogP) is -0.475. The SMILES string of the molecule is CC1(C)O[C@@H]2[C@H](O1)[C@@H](C1(S(=O)(=O)c3ccccc3)CC(=O)NC1=O)O[C@H]2CO. The van der Waals surface area contributed by atoms with Crippen molar-refractivity contribution in [3.8, 4) is 0 Å². The number of hydrogen-bond donors (Lipinski definition) is 2. The molecule has 9 nitrogen and oxygen atoms in total. The Morgan fingerprint density at radius 1 is 1.14 bits per heavy atom. The van der Waals surface area contributed by atoms with Crippen LogP contribution in [0, 0.1) is 0 Å². The molecule has 28 heavy (non-hydrogen) atoms. The van der Waals surface area contributed by atoms with Crippen LogP contribution in [0.15, 0.2) is 35.2 Å².